The first-order chi connectivity index (χ1) is 7.72. The molecule has 0 radical (unpaired) electrons. The van der Waals surface area contributed by atoms with Crippen LogP contribution in [0.15, 0.2) is 0 Å². The Hall–Kier alpha value is -0.650. The Bertz CT molecular complexity index is 214. The van der Waals surface area contributed by atoms with Crippen LogP contribution in [-0.2, 0) is 19.0 Å². The van der Waals surface area contributed by atoms with Gasteiger partial charge in [-0.2, -0.15) is 0 Å². The normalized spacial score (nSPS) is 24.6. The lowest BCUT2D eigenvalue weighted by atomic mass is 10.0. The summed E-state index contributed by atoms with van der Waals surface area (Å²) in [6, 6.07) is 0. The third kappa shape index (κ3) is 4.08. The van der Waals surface area contributed by atoms with Crippen molar-refractivity contribution in [2.45, 2.75) is 25.4 Å². The molecule has 0 aromatic heterocycles. The largest absolute Gasteiger partial charge is 0.378 e. The smallest absolute Gasteiger partial charge is 0.246 e. The van der Waals surface area contributed by atoms with Crippen LogP contribution in [0.5, 0.6) is 0 Å². The Morgan fingerprint density at radius 1 is 1.56 bits per heavy atom. The van der Waals surface area contributed by atoms with Crippen molar-refractivity contribution in [1.29, 1.82) is 0 Å². The maximum absolute atomic E-state index is 11.4. The number of hydrogen-bond acceptors (Lipinski definition) is 4. The molecule has 0 aromatic carbocycles. The Morgan fingerprint density at radius 2 is 2.38 bits per heavy atom. The molecule has 0 bridgehead atoms. The van der Waals surface area contributed by atoms with Crippen LogP contribution in [-0.4, -0.2) is 51.6 Å². The van der Waals surface area contributed by atoms with E-state index in [1.165, 1.54) is 0 Å². The van der Waals surface area contributed by atoms with Gasteiger partial charge in [0.1, 0.15) is 12.2 Å². The van der Waals surface area contributed by atoms with E-state index in [-0.39, 0.29) is 18.1 Å². The van der Waals surface area contributed by atoms with Gasteiger partial charge in [0.2, 0.25) is 5.91 Å². The van der Waals surface area contributed by atoms with Gasteiger partial charge in [0.05, 0.1) is 6.61 Å². The molecule has 1 atom stereocenters. The van der Waals surface area contributed by atoms with E-state index < -0.39 is 0 Å². The molecule has 1 fully saturated rings. The summed E-state index contributed by atoms with van der Waals surface area (Å²) < 4.78 is 15.8. The van der Waals surface area contributed by atoms with E-state index in [2.05, 4.69) is 5.32 Å². The standard InChI is InChI=1S/C11H21NO4/c1-3-5-15-7-10(13)12-8-11(14-2)4-6-16-9-11/h3-9H2,1-2H3,(H,12,13). The molecular formula is C11H21NO4. The molecule has 1 heterocycles. The number of rotatable bonds is 7. The predicted molar refractivity (Wildman–Crippen MR) is 59.3 cm³/mol. The number of nitrogens with one attached hydrogen (secondary N) is 1. The summed E-state index contributed by atoms with van der Waals surface area (Å²) in [5, 5.41) is 2.81. The van der Waals surface area contributed by atoms with Gasteiger partial charge in [-0.3, -0.25) is 4.79 Å². The number of amides is 1. The molecule has 1 aliphatic heterocycles. The molecule has 5 nitrogen and oxygen atoms in total. The molecule has 1 amide bonds. The van der Waals surface area contributed by atoms with Gasteiger partial charge < -0.3 is 19.5 Å². The highest BCUT2D eigenvalue weighted by molar-refractivity contribution is 5.77. The van der Waals surface area contributed by atoms with Crippen LogP contribution in [0.3, 0.4) is 0 Å². The third-order valence-corrected chi connectivity index (χ3v) is 2.69. The van der Waals surface area contributed by atoms with E-state index in [4.69, 9.17) is 14.2 Å². The molecule has 1 saturated heterocycles. The zero-order valence-electron chi connectivity index (χ0n) is 10.1. The van der Waals surface area contributed by atoms with Crippen LogP contribution in [0.4, 0.5) is 0 Å². The van der Waals surface area contributed by atoms with E-state index in [0.717, 1.165) is 12.8 Å². The van der Waals surface area contributed by atoms with Crippen LogP contribution in [0.25, 0.3) is 0 Å². The minimum absolute atomic E-state index is 0.100. The van der Waals surface area contributed by atoms with Gasteiger partial charge in [0.25, 0.3) is 0 Å². The van der Waals surface area contributed by atoms with Gasteiger partial charge in [0, 0.05) is 33.3 Å². The van der Waals surface area contributed by atoms with Crippen LogP contribution < -0.4 is 5.32 Å². The molecular weight excluding hydrogens is 210 g/mol. The van der Waals surface area contributed by atoms with Crippen molar-refractivity contribution in [2.75, 3.05) is 40.1 Å². The molecule has 1 aliphatic rings. The molecule has 16 heavy (non-hydrogen) atoms. The van der Waals surface area contributed by atoms with Crippen molar-refractivity contribution in [1.82, 2.24) is 5.32 Å². The quantitative estimate of drug-likeness (QED) is 0.642. The first-order valence-corrected chi connectivity index (χ1v) is 5.70. The Morgan fingerprint density at radius 3 is 2.94 bits per heavy atom. The topological polar surface area (TPSA) is 56.8 Å². The highest BCUT2D eigenvalue weighted by Gasteiger charge is 2.35. The fraction of sp³-hybridized carbons (Fsp3) is 0.909. The fourth-order valence-electron chi connectivity index (χ4n) is 1.58. The summed E-state index contributed by atoms with van der Waals surface area (Å²) in [4.78, 5) is 11.4. The highest BCUT2D eigenvalue weighted by atomic mass is 16.5. The van der Waals surface area contributed by atoms with Crippen molar-refractivity contribution in [2.24, 2.45) is 0 Å². The van der Waals surface area contributed by atoms with E-state index in [1.807, 2.05) is 6.92 Å². The predicted octanol–water partition coefficient (Wildman–Crippen LogP) is 0.335. The molecule has 1 unspecified atom stereocenters. The Labute approximate surface area is 96.4 Å². The summed E-state index contributed by atoms with van der Waals surface area (Å²) in [5.74, 6) is -0.100. The fourth-order valence-corrected chi connectivity index (χ4v) is 1.58. The maximum atomic E-state index is 11.4. The van der Waals surface area contributed by atoms with Gasteiger partial charge in [-0.05, 0) is 6.42 Å². The molecule has 1 N–H and O–H groups in total. The molecule has 0 spiro atoms. The summed E-state index contributed by atoms with van der Waals surface area (Å²) in [7, 11) is 1.65. The highest BCUT2D eigenvalue weighted by Crippen LogP contribution is 2.21. The second-order valence-corrected chi connectivity index (χ2v) is 4.02. The van der Waals surface area contributed by atoms with Crippen molar-refractivity contribution in [3.8, 4) is 0 Å². The van der Waals surface area contributed by atoms with E-state index >= 15 is 0 Å². The van der Waals surface area contributed by atoms with Gasteiger partial charge in [-0.15, -0.1) is 0 Å². The number of methoxy groups -OCH3 is 1. The van der Waals surface area contributed by atoms with Crippen molar-refractivity contribution in [3.63, 3.8) is 0 Å². The lowest BCUT2D eigenvalue weighted by Gasteiger charge is -2.25. The van der Waals surface area contributed by atoms with Crippen LogP contribution in [0.1, 0.15) is 19.8 Å². The monoisotopic (exact) mass is 231 g/mol. The van der Waals surface area contributed by atoms with Crippen LogP contribution in [0, 0.1) is 0 Å². The zero-order valence-corrected chi connectivity index (χ0v) is 10.1. The van der Waals surface area contributed by atoms with Crippen molar-refractivity contribution < 1.29 is 19.0 Å². The summed E-state index contributed by atoms with van der Waals surface area (Å²) in [6.07, 6.45) is 1.74. The summed E-state index contributed by atoms with van der Waals surface area (Å²) >= 11 is 0. The average Bonchev–Trinajstić information content (AvgIpc) is 2.76. The SMILES string of the molecule is CCCOCC(=O)NCC1(OC)CCOC1. The van der Waals surface area contributed by atoms with Gasteiger partial charge in [0.15, 0.2) is 0 Å². The van der Waals surface area contributed by atoms with Crippen LogP contribution in [0.2, 0.25) is 0 Å². The zero-order chi connectivity index (χ0) is 11.9. The minimum atomic E-state index is -0.347. The lowest BCUT2D eigenvalue weighted by molar-refractivity contribution is -0.127. The van der Waals surface area contributed by atoms with E-state index in [0.29, 0.717) is 26.4 Å². The maximum Gasteiger partial charge on any atom is 0.246 e. The molecule has 0 saturated carbocycles. The van der Waals surface area contributed by atoms with E-state index in [9.17, 15) is 4.79 Å². The second-order valence-electron chi connectivity index (χ2n) is 4.02. The summed E-state index contributed by atoms with van der Waals surface area (Å²) in [5.41, 5.74) is -0.347. The van der Waals surface area contributed by atoms with Gasteiger partial charge >= 0.3 is 0 Å². The Balaban J connectivity index is 2.19. The van der Waals surface area contributed by atoms with Gasteiger partial charge in [-0.1, -0.05) is 6.92 Å². The molecule has 5 heteroatoms. The molecule has 0 aliphatic carbocycles. The number of carbonyl (C=O) groups is 1. The summed E-state index contributed by atoms with van der Waals surface area (Å²) in [6.45, 7) is 4.46. The first kappa shape index (κ1) is 13.4. The second kappa shape index (κ2) is 6.83. The van der Waals surface area contributed by atoms with Gasteiger partial charge in [-0.25, -0.2) is 0 Å². The lowest BCUT2D eigenvalue weighted by Crippen LogP contribution is -2.45. The molecule has 1 rings (SSSR count). The van der Waals surface area contributed by atoms with Crippen molar-refractivity contribution in [3.05, 3.63) is 0 Å². The number of hydrogen-bond donors (Lipinski definition) is 1. The van der Waals surface area contributed by atoms with E-state index in [1.54, 1.807) is 7.11 Å². The Kier molecular flexibility index (Phi) is 5.73. The number of ether oxygens (including phenoxy) is 3. The number of carbonyl (C=O) groups excluding carboxylic acids is 1. The van der Waals surface area contributed by atoms with Crippen molar-refractivity contribution >= 4 is 5.91 Å². The average molecular weight is 231 g/mol. The third-order valence-electron chi connectivity index (χ3n) is 2.69. The van der Waals surface area contributed by atoms with Crippen LogP contribution >= 0.6 is 0 Å². The molecule has 0 aromatic rings. The molecule has 94 valence electrons. The first-order valence-electron chi connectivity index (χ1n) is 5.70. The minimum Gasteiger partial charge on any atom is -0.378 e.